The predicted molar refractivity (Wildman–Crippen MR) is 64.9 cm³/mol. The summed E-state index contributed by atoms with van der Waals surface area (Å²) in [7, 11) is 0. The number of ether oxygens (including phenoxy) is 1. The van der Waals surface area contributed by atoms with Crippen LogP contribution in [0, 0.1) is 10.7 Å². The molecule has 0 unspecified atom stereocenters. The maximum atomic E-state index is 5.59. The minimum Gasteiger partial charge on any atom is -0.381 e. The van der Waals surface area contributed by atoms with Gasteiger partial charge in [-0.2, -0.15) is 5.10 Å². The Morgan fingerprint density at radius 1 is 1.56 bits per heavy atom. The summed E-state index contributed by atoms with van der Waals surface area (Å²) in [6.07, 6.45) is 4.63. The molecule has 1 saturated carbocycles. The topological polar surface area (TPSA) is 42.8 Å². The largest absolute Gasteiger partial charge is 0.381 e. The predicted octanol–water partition coefficient (Wildman–Crippen LogP) is 2.32. The Bertz CT molecular complexity index is 381. The second-order valence-electron chi connectivity index (χ2n) is 4.32. The molecule has 1 N–H and O–H groups in total. The Labute approximate surface area is 101 Å². The SMILES string of the molecule is CCc1n[nH]c(=S)n1CCCOCC1CC1. The lowest BCUT2D eigenvalue weighted by Crippen LogP contribution is -2.07. The molecule has 1 aliphatic rings. The second-order valence-corrected chi connectivity index (χ2v) is 4.71. The van der Waals surface area contributed by atoms with Crippen molar-refractivity contribution in [3.05, 3.63) is 10.6 Å². The maximum absolute atomic E-state index is 5.59. The van der Waals surface area contributed by atoms with E-state index in [-0.39, 0.29) is 0 Å². The van der Waals surface area contributed by atoms with Gasteiger partial charge in [-0.25, -0.2) is 0 Å². The summed E-state index contributed by atoms with van der Waals surface area (Å²) in [4.78, 5) is 0. The maximum Gasteiger partial charge on any atom is 0.195 e. The van der Waals surface area contributed by atoms with Gasteiger partial charge < -0.3 is 9.30 Å². The van der Waals surface area contributed by atoms with Crippen molar-refractivity contribution in [1.29, 1.82) is 0 Å². The van der Waals surface area contributed by atoms with Crippen molar-refractivity contribution in [2.24, 2.45) is 5.92 Å². The Balaban J connectivity index is 1.70. The zero-order valence-electron chi connectivity index (χ0n) is 9.74. The van der Waals surface area contributed by atoms with Crippen molar-refractivity contribution in [1.82, 2.24) is 14.8 Å². The molecular weight excluding hydrogens is 222 g/mol. The number of nitrogens with zero attached hydrogens (tertiary/aromatic N) is 2. The van der Waals surface area contributed by atoms with Gasteiger partial charge in [0.2, 0.25) is 0 Å². The molecule has 1 aliphatic carbocycles. The fourth-order valence-electron chi connectivity index (χ4n) is 1.71. The average Bonchev–Trinajstić information content (AvgIpc) is 3.04. The highest BCUT2D eigenvalue weighted by Gasteiger charge is 2.20. The van der Waals surface area contributed by atoms with Crippen molar-refractivity contribution in [2.75, 3.05) is 13.2 Å². The van der Waals surface area contributed by atoms with Crippen molar-refractivity contribution >= 4 is 12.2 Å². The molecule has 0 aliphatic heterocycles. The minimum absolute atomic E-state index is 0.721. The number of hydrogen-bond acceptors (Lipinski definition) is 3. The molecule has 0 saturated heterocycles. The summed E-state index contributed by atoms with van der Waals surface area (Å²) >= 11 is 5.17. The zero-order chi connectivity index (χ0) is 11.4. The average molecular weight is 241 g/mol. The van der Waals surface area contributed by atoms with Crippen molar-refractivity contribution in [3.63, 3.8) is 0 Å². The number of aromatic nitrogens is 3. The number of H-pyrrole nitrogens is 1. The van der Waals surface area contributed by atoms with Crippen molar-refractivity contribution in [3.8, 4) is 0 Å². The minimum atomic E-state index is 0.721. The fourth-order valence-corrected chi connectivity index (χ4v) is 1.95. The van der Waals surface area contributed by atoms with E-state index in [9.17, 15) is 0 Å². The van der Waals surface area contributed by atoms with E-state index in [2.05, 4.69) is 21.7 Å². The number of aromatic amines is 1. The van der Waals surface area contributed by atoms with Crippen LogP contribution in [0.3, 0.4) is 0 Å². The van der Waals surface area contributed by atoms with Gasteiger partial charge in [0.25, 0.3) is 0 Å². The van der Waals surface area contributed by atoms with Crippen molar-refractivity contribution in [2.45, 2.75) is 39.2 Å². The first kappa shape index (κ1) is 11.8. The number of nitrogens with one attached hydrogen (secondary N) is 1. The molecule has 1 fully saturated rings. The molecule has 0 aromatic carbocycles. The first-order valence-corrected chi connectivity index (χ1v) is 6.44. The molecule has 0 atom stereocenters. The van der Waals surface area contributed by atoms with Crippen LogP contribution < -0.4 is 0 Å². The van der Waals surface area contributed by atoms with Gasteiger partial charge in [-0.15, -0.1) is 0 Å². The summed E-state index contributed by atoms with van der Waals surface area (Å²) in [6.45, 7) is 4.76. The van der Waals surface area contributed by atoms with Gasteiger partial charge in [-0.1, -0.05) is 6.92 Å². The molecule has 16 heavy (non-hydrogen) atoms. The highest BCUT2D eigenvalue weighted by molar-refractivity contribution is 7.71. The van der Waals surface area contributed by atoms with Gasteiger partial charge in [-0.3, -0.25) is 5.10 Å². The molecule has 4 nitrogen and oxygen atoms in total. The van der Waals surface area contributed by atoms with E-state index in [1.807, 2.05) is 0 Å². The highest BCUT2D eigenvalue weighted by Crippen LogP contribution is 2.28. The molecule has 0 amide bonds. The molecule has 1 heterocycles. The Morgan fingerprint density at radius 3 is 3.06 bits per heavy atom. The van der Waals surface area contributed by atoms with Gasteiger partial charge in [0.05, 0.1) is 0 Å². The molecule has 5 heteroatoms. The van der Waals surface area contributed by atoms with E-state index in [0.29, 0.717) is 0 Å². The molecular formula is C11H19N3OS. The van der Waals surface area contributed by atoms with E-state index in [4.69, 9.17) is 17.0 Å². The van der Waals surface area contributed by atoms with Gasteiger partial charge in [0.1, 0.15) is 5.82 Å². The van der Waals surface area contributed by atoms with Gasteiger partial charge >= 0.3 is 0 Å². The number of rotatable bonds is 7. The molecule has 1 aromatic rings. The lowest BCUT2D eigenvalue weighted by molar-refractivity contribution is 0.119. The van der Waals surface area contributed by atoms with Crippen LogP contribution >= 0.6 is 12.2 Å². The van der Waals surface area contributed by atoms with Gasteiger partial charge in [0.15, 0.2) is 4.77 Å². The summed E-state index contributed by atoms with van der Waals surface area (Å²) in [5.41, 5.74) is 0. The highest BCUT2D eigenvalue weighted by atomic mass is 32.1. The van der Waals surface area contributed by atoms with Crippen LogP contribution in [0.4, 0.5) is 0 Å². The first-order chi connectivity index (χ1) is 7.81. The van der Waals surface area contributed by atoms with Crippen LogP contribution in [0.15, 0.2) is 0 Å². The third-order valence-corrected chi connectivity index (χ3v) is 3.19. The Morgan fingerprint density at radius 2 is 2.38 bits per heavy atom. The van der Waals surface area contributed by atoms with Crippen LogP contribution in [0.1, 0.15) is 32.0 Å². The molecule has 0 bridgehead atoms. The standard InChI is InChI=1S/C11H19N3OS/c1-2-10-12-13-11(16)14(10)6-3-7-15-8-9-4-5-9/h9H,2-8H2,1H3,(H,13,16). The van der Waals surface area contributed by atoms with Crippen molar-refractivity contribution < 1.29 is 4.74 Å². The lowest BCUT2D eigenvalue weighted by atomic mass is 10.4. The lowest BCUT2D eigenvalue weighted by Gasteiger charge is -2.06. The first-order valence-electron chi connectivity index (χ1n) is 6.03. The van der Waals surface area contributed by atoms with E-state index in [1.54, 1.807) is 0 Å². The summed E-state index contributed by atoms with van der Waals surface area (Å²) in [5.74, 6) is 1.88. The summed E-state index contributed by atoms with van der Waals surface area (Å²) < 4.78 is 8.38. The van der Waals surface area contributed by atoms with Crippen LogP contribution in [-0.2, 0) is 17.7 Å². The number of hydrogen-bond donors (Lipinski definition) is 1. The van der Waals surface area contributed by atoms with Crippen LogP contribution in [0.25, 0.3) is 0 Å². The molecule has 90 valence electrons. The molecule has 2 rings (SSSR count). The van der Waals surface area contributed by atoms with Crippen LogP contribution in [-0.4, -0.2) is 28.0 Å². The third kappa shape index (κ3) is 3.15. The van der Waals surface area contributed by atoms with Crippen LogP contribution in [0.2, 0.25) is 0 Å². The van der Waals surface area contributed by atoms with Gasteiger partial charge in [-0.05, 0) is 37.4 Å². The van der Waals surface area contributed by atoms with E-state index < -0.39 is 0 Å². The zero-order valence-corrected chi connectivity index (χ0v) is 10.6. The summed E-state index contributed by atoms with van der Waals surface area (Å²) in [6, 6.07) is 0. The van der Waals surface area contributed by atoms with E-state index in [0.717, 1.165) is 49.1 Å². The molecule has 1 aromatic heterocycles. The normalized spacial score (nSPS) is 15.6. The van der Waals surface area contributed by atoms with E-state index >= 15 is 0 Å². The Hall–Kier alpha value is -0.680. The van der Waals surface area contributed by atoms with E-state index in [1.165, 1.54) is 12.8 Å². The monoisotopic (exact) mass is 241 g/mol. The summed E-state index contributed by atoms with van der Waals surface area (Å²) in [5, 5.41) is 7.01. The number of aryl methyl sites for hydroxylation is 1. The van der Waals surface area contributed by atoms with Crippen LogP contribution in [0.5, 0.6) is 0 Å². The Kier molecular flexibility index (Phi) is 4.12. The smallest absolute Gasteiger partial charge is 0.195 e. The molecule has 0 spiro atoms. The quantitative estimate of drug-likeness (QED) is 0.588. The second kappa shape index (κ2) is 5.59. The fraction of sp³-hybridized carbons (Fsp3) is 0.818. The van der Waals surface area contributed by atoms with Gasteiger partial charge in [0, 0.05) is 26.2 Å². The molecule has 0 radical (unpaired) electrons. The third-order valence-electron chi connectivity index (χ3n) is 2.87.